The number of halogens is 1. The van der Waals surface area contributed by atoms with E-state index in [9.17, 15) is 19.1 Å². The van der Waals surface area contributed by atoms with Crippen LogP contribution in [0.5, 0.6) is 5.75 Å². The van der Waals surface area contributed by atoms with Crippen LogP contribution < -0.4 is 5.32 Å². The van der Waals surface area contributed by atoms with Gasteiger partial charge in [0.15, 0.2) is 5.69 Å². The summed E-state index contributed by atoms with van der Waals surface area (Å²) in [6, 6.07) is 12.6. The van der Waals surface area contributed by atoms with Crippen LogP contribution in [-0.4, -0.2) is 39.9 Å². The molecule has 40 heavy (non-hydrogen) atoms. The Morgan fingerprint density at radius 2 is 1.68 bits per heavy atom. The summed E-state index contributed by atoms with van der Waals surface area (Å²) < 4.78 is 20.8. The molecule has 0 aliphatic heterocycles. The highest BCUT2D eigenvalue weighted by molar-refractivity contribution is 5.96. The summed E-state index contributed by atoms with van der Waals surface area (Å²) in [6.45, 7) is 0. The number of aromatic hydroxyl groups is 1. The number of carbonyl (C=O) groups excluding carboxylic acids is 2. The summed E-state index contributed by atoms with van der Waals surface area (Å²) in [5, 5.41) is 17.5. The highest BCUT2D eigenvalue weighted by atomic mass is 19.1. The van der Waals surface area contributed by atoms with Gasteiger partial charge in [0.1, 0.15) is 17.6 Å². The molecule has 8 heteroatoms. The number of hydrogen-bond acceptors (Lipinski definition) is 5. The minimum absolute atomic E-state index is 0.133. The average Bonchev–Trinajstić information content (AvgIpc) is 3.24. The molecule has 2 atom stereocenters. The first-order valence-electron chi connectivity index (χ1n) is 14.4. The molecule has 1 unspecified atom stereocenters. The van der Waals surface area contributed by atoms with E-state index in [0.717, 1.165) is 80.2 Å². The predicted molar refractivity (Wildman–Crippen MR) is 150 cm³/mol. The maximum absolute atomic E-state index is 13.8. The van der Waals surface area contributed by atoms with Crippen LogP contribution in [0.25, 0.3) is 0 Å². The third kappa shape index (κ3) is 6.37. The number of phenolic OH excluding ortho intramolecular Hbond substituents is 1. The second kappa shape index (κ2) is 12.7. The maximum Gasteiger partial charge on any atom is 0.328 e. The van der Waals surface area contributed by atoms with Gasteiger partial charge in [0.2, 0.25) is 0 Å². The van der Waals surface area contributed by atoms with E-state index >= 15 is 0 Å². The highest BCUT2D eigenvalue weighted by Gasteiger charge is 2.34. The number of methoxy groups -OCH3 is 1. The van der Waals surface area contributed by atoms with Crippen LogP contribution in [0.2, 0.25) is 0 Å². The fourth-order valence-electron chi connectivity index (χ4n) is 6.31. The summed E-state index contributed by atoms with van der Waals surface area (Å²) in [6.07, 6.45) is 10.3. The Morgan fingerprint density at radius 3 is 2.38 bits per heavy atom. The molecule has 1 heterocycles. The van der Waals surface area contributed by atoms with Crippen molar-refractivity contribution in [1.29, 1.82) is 0 Å². The molecule has 1 fully saturated rings. The van der Waals surface area contributed by atoms with Crippen molar-refractivity contribution in [3.05, 3.63) is 82.4 Å². The van der Waals surface area contributed by atoms with E-state index in [1.54, 1.807) is 24.3 Å². The van der Waals surface area contributed by atoms with Crippen LogP contribution in [0, 0.1) is 5.82 Å². The molecule has 2 aliphatic rings. The van der Waals surface area contributed by atoms with E-state index in [1.165, 1.54) is 25.7 Å². The lowest BCUT2D eigenvalue weighted by Gasteiger charge is -2.27. The van der Waals surface area contributed by atoms with Crippen LogP contribution in [-0.2, 0) is 28.8 Å². The maximum atomic E-state index is 13.8. The highest BCUT2D eigenvalue weighted by Crippen LogP contribution is 2.39. The first-order chi connectivity index (χ1) is 19.4. The van der Waals surface area contributed by atoms with Crippen molar-refractivity contribution in [2.45, 2.75) is 88.6 Å². The van der Waals surface area contributed by atoms with Crippen molar-refractivity contribution in [2.75, 3.05) is 7.11 Å². The van der Waals surface area contributed by atoms with Crippen LogP contribution in [0.15, 0.2) is 48.5 Å². The van der Waals surface area contributed by atoms with Gasteiger partial charge >= 0.3 is 5.97 Å². The second-order valence-corrected chi connectivity index (χ2v) is 11.1. The van der Waals surface area contributed by atoms with Crippen LogP contribution in [0.4, 0.5) is 4.39 Å². The molecule has 2 N–H and O–H groups in total. The quantitative estimate of drug-likeness (QED) is 0.275. The predicted octanol–water partition coefficient (Wildman–Crippen LogP) is 5.80. The van der Waals surface area contributed by atoms with Crippen molar-refractivity contribution in [3.63, 3.8) is 0 Å². The van der Waals surface area contributed by atoms with E-state index in [-0.39, 0.29) is 35.9 Å². The van der Waals surface area contributed by atoms with E-state index in [1.807, 2.05) is 12.1 Å². The lowest BCUT2D eigenvalue weighted by Crippen LogP contribution is -2.43. The number of nitrogens with one attached hydrogen (secondary N) is 1. The molecular formula is C32H38FN3O4. The van der Waals surface area contributed by atoms with Crippen LogP contribution in [0.3, 0.4) is 0 Å². The SMILES string of the molecule is COC(=O)[C@H](Cc1ccc(O)cc1)NC(=O)c1nn(C2CCCCC2)c2c1CCCCC2Cc1ccc(F)cc1. The van der Waals surface area contributed by atoms with Gasteiger partial charge in [-0.05, 0) is 73.9 Å². The summed E-state index contributed by atoms with van der Waals surface area (Å²) in [5.74, 6) is -0.847. The fraction of sp³-hybridized carbons (Fsp3) is 0.469. The first-order valence-corrected chi connectivity index (χ1v) is 14.4. The van der Waals surface area contributed by atoms with Crippen molar-refractivity contribution in [3.8, 4) is 5.75 Å². The Hall–Kier alpha value is -3.68. The van der Waals surface area contributed by atoms with E-state index in [4.69, 9.17) is 9.84 Å². The fourth-order valence-corrected chi connectivity index (χ4v) is 6.31. The molecule has 2 aliphatic carbocycles. The lowest BCUT2D eigenvalue weighted by atomic mass is 9.89. The van der Waals surface area contributed by atoms with E-state index < -0.39 is 12.0 Å². The first kappa shape index (κ1) is 27.9. The van der Waals surface area contributed by atoms with Gasteiger partial charge in [-0.25, -0.2) is 9.18 Å². The number of amides is 1. The summed E-state index contributed by atoms with van der Waals surface area (Å²) in [7, 11) is 1.31. The molecule has 5 rings (SSSR count). The number of esters is 1. The zero-order valence-corrected chi connectivity index (χ0v) is 23.1. The standard InChI is InChI=1S/C32H38FN3O4/c1-40-32(39)28(20-22-13-17-26(37)18-14-22)34-31(38)29-27-10-6-5-7-23(19-21-11-15-24(33)16-12-21)30(27)36(35-29)25-8-3-2-4-9-25/h11-18,23,25,28,37H,2-10,19-20H2,1H3,(H,34,38)/t23?,28-/m0/s1. The molecule has 0 bridgehead atoms. The molecule has 2 aromatic carbocycles. The molecule has 7 nitrogen and oxygen atoms in total. The molecule has 1 saturated carbocycles. The number of ether oxygens (including phenoxy) is 1. The molecule has 1 amide bonds. The van der Waals surface area contributed by atoms with Gasteiger partial charge in [0, 0.05) is 23.6 Å². The smallest absolute Gasteiger partial charge is 0.328 e. The molecule has 3 aromatic rings. The summed E-state index contributed by atoms with van der Waals surface area (Å²) >= 11 is 0. The minimum atomic E-state index is -0.890. The van der Waals surface area contributed by atoms with Gasteiger partial charge in [-0.2, -0.15) is 5.10 Å². The normalized spacial score (nSPS) is 18.4. The zero-order valence-electron chi connectivity index (χ0n) is 23.1. The molecule has 0 spiro atoms. The van der Waals surface area contributed by atoms with Crippen molar-refractivity contribution < 1.29 is 23.8 Å². The van der Waals surface area contributed by atoms with Gasteiger partial charge in [-0.3, -0.25) is 9.48 Å². The molecular weight excluding hydrogens is 509 g/mol. The number of rotatable bonds is 8. The van der Waals surface area contributed by atoms with Crippen molar-refractivity contribution >= 4 is 11.9 Å². The summed E-state index contributed by atoms with van der Waals surface area (Å²) in [5.41, 5.74) is 4.36. The van der Waals surface area contributed by atoms with Gasteiger partial charge < -0.3 is 15.2 Å². The third-order valence-electron chi connectivity index (χ3n) is 8.36. The number of nitrogens with zero attached hydrogens (tertiary/aromatic N) is 2. The number of phenols is 1. The number of aromatic nitrogens is 2. The van der Waals surface area contributed by atoms with Crippen LogP contribution >= 0.6 is 0 Å². The number of fused-ring (bicyclic) bond motifs is 1. The number of benzene rings is 2. The molecule has 0 saturated heterocycles. The lowest BCUT2D eigenvalue weighted by molar-refractivity contribution is -0.142. The molecule has 1 aromatic heterocycles. The Kier molecular flexibility index (Phi) is 8.82. The van der Waals surface area contributed by atoms with Gasteiger partial charge in [0.25, 0.3) is 5.91 Å². The molecule has 212 valence electrons. The van der Waals surface area contributed by atoms with Crippen molar-refractivity contribution in [2.24, 2.45) is 0 Å². The van der Waals surface area contributed by atoms with Crippen molar-refractivity contribution in [1.82, 2.24) is 15.1 Å². The zero-order chi connectivity index (χ0) is 28.1. The van der Waals surface area contributed by atoms with E-state index in [0.29, 0.717) is 5.69 Å². The van der Waals surface area contributed by atoms with Gasteiger partial charge in [-0.1, -0.05) is 49.9 Å². The third-order valence-corrected chi connectivity index (χ3v) is 8.36. The Morgan fingerprint density at radius 1 is 1.00 bits per heavy atom. The average molecular weight is 548 g/mol. The largest absolute Gasteiger partial charge is 0.508 e. The van der Waals surface area contributed by atoms with Gasteiger partial charge in [-0.15, -0.1) is 0 Å². The van der Waals surface area contributed by atoms with Crippen LogP contribution in [0.1, 0.15) is 96.2 Å². The number of hydrogen-bond donors (Lipinski definition) is 2. The van der Waals surface area contributed by atoms with Gasteiger partial charge in [0.05, 0.1) is 13.2 Å². The molecule has 0 radical (unpaired) electrons. The monoisotopic (exact) mass is 547 g/mol. The van der Waals surface area contributed by atoms with E-state index in [2.05, 4.69) is 10.00 Å². The minimum Gasteiger partial charge on any atom is -0.508 e. The Labute approximate surface area is 234 Å². The number of carbonyl (C=O) groups is 2. The topological polar surface area (TPSA) is 93.4 Å². The second-order valence-electron chi connectivity index (χ2n) is 11.1. The summed E-state index contributed by atoms with van der Waals surface area (Å²) in [4.78, 5) is 26.5. The Bertz CT molecular complexity index is 1310. The Balaban J connectivity index is 1.48.